The third-order valence-corrected chi connectivity index (χ3v) is 1.87. The van der Waals surface area contributed by atoms with Crippen molar-refractivity contribution in [2.45, 2.75) is 58.1 Å². The molecule has 5 heteroatoms. The number of ether oxygens (including phenoxy) is 1. The first-order chi connectivity index (χ1) is 7.22. The van der Waals surface area contributed by atoms with Crippen LogP contribution < -0.4 is 5.73 Å². The van der Waals surface area contributed by atoms with Crippen LogP contribution in [0.3, 0.4) is 0 Å². The molecule has 0 radical (unpaired) electrons. The van der Waals surface area contributed by atoms with E-state index in [4.69, 9.17) is 15.6 Å². The van der Waals surface area contributed by atoms with Crippen molar-refractivity contribution in [1.82, 2.24) is 0 Å². The Kier molecular flexibility index (Phi) is 6.03. The number of carbonyl (C=O) groups excluding carboxylic acids is 1. The second-order valence-corrected chi connectivity index (χ2v) is 4.78. The zero-order valence-corrected chi connectivity index (χ0v) is 10.2. The Morgan fingerprint density at radius 1 is 1.31 bits per heavy atom. The van der Waals surface area contributed by atoms with E-state index in [0.717, 1.165) is 0 Å². The lowest BCUT2D eigenvalue weighted by atomic mass is 10.1. The van der Waals surface area contributed by atoms with Crippen LogP contribution in [0.4, 0.5) is 0 Å². The Balaban J connectivity index is 3.76. The maximum absolute atomic E-state index is 11.4. The number of aliphatic carboxylic acids is 1. The van der Waals surface area contributed by atoms with Crippen molar-refractivity contribution < 1.29 is 19.4 Å². The normalized spacial score (nSPS) is 13.2. The van der Waals surface area contributed by atoms with Gasteiger partial charge in [0.1, 0.15) is 11.6 Å². The van der Waals surface area contributed by atoms with Gasteiger partial charge in [-0.3, -0.25) is 9.59 Å². The molecule has 0 aromatic heterocycles. The van der Waals surface area contributed by atoms with Gasteiger partial charge in [0.2, 0.25) is 0 Å². The fourth-order valence-corrected chi connectivity index (χ4v) is 1.14. The van der Waals surface area contributed by atoms with Gasteiger partial charge in [-0.2, -0.15) is 0 Å². The average Bonchev–Trinajstić information content (AvgIpc) is 2.08. The van der Waals surface area contributed by atoms with Gasteiger partial charge in [0, 0.05) is 6.42 Å². The summed E-state index contributed by atoms with van der Waals surface area (Å²) in [5.74, 6) is -1.26. The van der Waals surface area contributed by atoms with Crippen LogP contribution >= 0.6 is 0 Å². The second kappa shape index (κ2) is 6.48. The first-order valence-electron chi connectivity index (χ1n) is 5.42. The number of carbonyl (C=O) groups is 2. The summed E-state index contributed by atoms with van der Waals surface area (Å²) in [5.41, 5.74) is 5.09. The first-order valence-corrected chi connectivity index (χ1v) is 5.42. The van der Waals surface area contributed by atoms with E-state index in [0.29, 0.717) is 19.3 Å². The number of rotatable bonds is 6. The number of hydrogen-bond acceptors (Lipinski definition) is 4. The van der Waals surface area contributed by atoms with Crippen molar-refractivity contribution in [3.8, 4) is 0 Å². The summed E-state index contributed by atoms with van der Waals surface area (Å²) in [7, 11) is 0. The second-order valence-electron chi connectivity index (χ2n) is 4.78. The molecule has 1 atom stereocenters. The van der Waals surface area contributed by atoms with Crippen LogP contribution in [0.1, 0.15) is 46.5 Å². The molecule has 0 aromatic rings. The molecular weight excluding hydrogens is 210 g/mol. The quantitative estimate of drug-likeness (QED) is 0.531. The topological polar surface area (TPSA) is 89.6 Å². The van der Waals surface area contributed by atoms with Crippen LogP contribution in [0.2, 0.25) is 0 Å². The van der Waals surface area contributed by atoms with Gasteiger partial charge in [0.25, 0.3) is 0 Å². The zero-order chi connectivity index (χ0) is 12.8. The minimum absolute atomic E-state index is 0.112. The molecule has 0 rings (SSSR count). The molecule has 0 fully saturated rings. The molecule has 0 aliphatic heterocycles. The molecule has 0 saturated heterocycles. The van der Waals surface area contributed by atoms with Crippen molar-refractivity contribution in [3.05, 3.63) is 0 Å². The van der Waals surface area contributed by atoms with Gasteiger partial charge in [-0.1, -0.05) is 6.42 Å². The average molecular weight is 231 g/mol. The number of carboxylic acid groups (broad SMARTS) is 1. The standard InChI is InChI=1S/C11H21NO4/c1-11(2,3)16-10(15)8(12)6-4-5-7-9(13)14/h8H,4-7,12H2,1-3H3,(H,13,14)/t8-/m0/s1. The smallest absolute Gasteiger partial charge is 0.323 e. The van der Waals surface area contributed by atoms with Crippen molar-refractivity contribution in [2.24, 2.45) is 5.73 Å². The summed E-state index contributed by atoms with van der Waals surface area (Å²) in [5, 5.41) is 8.42. The number of hydrogen-bond donors (Lipinski definition) is 2. The summed E-state index contributed by atoms with van der Waals surface area (Å²) in [6, 6.07) is -0.659. The van der Waals surface area contributed by atoms with Gasteiger partial charge >= 0.3 is 11.9 Å². The molecule has 0 aromatic carbocycles. The Morgan fingerprint density at radius 2 is 1.88 bits per heavy atom. The van der Waals surface area contributed by atoms with Crippen molar-refractivity contribution in [3.63, 3.8) is 0 Å². The minimum atomic E-state index is -0.828. The molecule has 0 unspecified atom stereocenters. The van der Waals surface area contributed by atoms with Gasteiger partial charge in [-0.15, -0.1) is 0 Å². The monoisotopic (exact) mass is 231 g/mol. The Bertz CT molecular complexity index is 245. The van der Waals surface area contributed by atoms with Crippen molar-refractivity contribution in [2.75, 3.05) is 0 Å². The zero-order valence-electron chi connectivity index (χ0n) is 10.2. The molecular formula is C11H21NO4. The number of carboxylic acids is 1. The van der Waals surface area contributed by atoms with Gasteiger partial charge in [-0.25, -0.2) is 0 Å². The largest absolute Gasteiger partial charge is 0.481 e. The van der Waals surface area contributed by atoms with E-state index in [1.54, 1.807) is 20.8 Å². The van der Waals surface area contributed by atoms with E-state index in [2.05, 4.69) is 0 Å². The predicted octanol–water partition coefficient (Wildman–Crippen LogP) is 1.30. The highest BCUT2D eigenvalue weighted by Crippen LogP contribution is 2.10. The molecule has 0 bridgehead atoms. The van der Waals surface area contributed by atoms with E-state index in [1.165, 1.54) is 0 Å². The van der Waals surface area contributed by atoms with Gasteiger partial charge < -0.3 is 15.6 Å². The Labute approximate surface area is 96.0 Å². The summed E-state index contributed by atoms with van der Waals surface area (Å²) >= 11 is 0. The van der Waals surface area contributed by atoms with Gasteiger partial charge in [0.05, 0.1) is 0 Å². The maximum atomic E-state index is 11.4. The summed E-state index contributed by atoms with van der Waals surface area (Å²) in [4.78, 5) is 21.7. The molecule has 0 aliphatic carbocycles. The summed E-state index contributed by atoms with van der Waals surface area (Å²) in [6.07, 6.45) is 1.72. The molecule has 3 N–H and O–H groups in total. The number of nitrogens with two attached hydrogens (primary N) is 1. The van der Waals surface area contributed by atoms with Crippen molar-refractivity contribution in [1.29, 1.82) is 0 Å². The highest BCUT2D eigenvalue weighted by atomic mass is 16.6. The van der Waals surface area contributed by atoms with E-state index in [-0.39, 0.29) is 6.42 Å². The fourth-order valence-electron chi connectivity index (χ4n) is 1.14. The lowest BCUT2D eigenvalue weighted by Gasteiger charge is -2.22. The molecule has 16 heavy (non-hydrogen) atoms. The first kappa shape index (κ1) is 14.9. The van der Waals surface area contributed by atoms with Crippen LogP contribution in [-0.2, 0) is 14.3 Å². The lowest BCUT2D eigenvalue weighted by molar-refractivity contribution is -0.156. The fraction of sp³-hybridized carbons (Fsp3) is 0.818. The molecule has 94 valence electrons. The van der Waals surface area contributed by atoms with E-state index in [9.17, 15) is 9.59 Å². The summed E-state index contributed by atoms with van der Waals surface area (Å²) in [6.45, 7) is 5.34. The van der Waals surface area contributed by atoms with E-state index in [1.807, 2.05) is 0 Å². The molecule has 0 heterocycles. The number of esters is 1. The number of unbranched alkanes of at least 4 members (excludes halogenated alkanes) is 1. The Morgan fingerprint density at radius 3 is 2.31 bits per heavy atom. The minimum Gasteiger partial charge on any atom is -0.481 e. The van der Waals surface area contributed by atoms with Gasteiger partial charge in [-0.05, 0) is 33.6 Å². The molecule has 5 nitrogen and oxygen atoms in total. The summed E-state index contributed by atoms with van der Waals surface area (Å²) < 4.78 is 5.10. The van der Waals surface area contributed by atoms with E-state index >= 15 is 0 Å². The predicted molar refractivity (Wildman–Crippen MR) is 59.9 cm³/mol. The molecule has 0 spiro atoms. The third kappa shape index (κ3) is 8.23. The van der Waals surface area contributed by atoms with Crippen molar-refractivity contribution >= 4 is 11.9 Å². The third-order valence-electron chi connectivity index (χ3n) is 1.87. The van der Waals surface area contributed by atoms with Gasteiger partial charge in [0.15, 0.2) is 0 Å². The highest BCUT2D eigenvalue weighted by Gasteiger charge is 2.21. The van der Waals surface area contributed by atoms with E-state index < -0.39 is 23.6 Å². The van der Waals surface area contributed by atoms with Crippen LogP contribution in [-0.4, -0.2) is 28.7 Å². The SMILES string of the molecule is CC(C)(C)OC(=O)[C@@H](N)CCCCC(=O)O. The highest BCUT2D eigenvalue weighted by molar-refractivity contribution is 5.75. The Hall–Kier alpha value is -1.10. The molecule has 0 saturated carbocycles. The lowest BCUT2D eigenvalue weighted by Crippen LogP contribution is -2.37. The van der Waals surface area contributed by atoms with Crippen LogP contribution in [0.15, 0.2) is 0 Å². The van der Waals surface area contributed by atoms with Crippen LogP contribution in [0.25, 0.3) is 0 Å². The molecule has 0 aliphatic rings. The molecule has 0 amide bonds. The maximum Gasteiger partial charge on any atom is 0.323 e. The van der Waals surface area contributed by atoms with Crippen LogP contribution in [0, 0.1) is 0 Å². The van der Waals surface area contributed by atoms with Crippen LogP contribution in [0.5, 0.6) is 0 Å².